The number of aromatic amines is 1. The van der Waals surface area contributed by atoms with Crippen LogP contribution >= 0.6 is 0 Å². The normalized spacial score (nSPS) is 14.0. The van der Waals surface area contributed by atoms with Crippen LogP contribution in [0.1, 0.15) is 47.3 Å². The zero-order valence-electron chi connectivity index (χ0n) is 25.2. The number of methoxy groups -OCH3 is 3. The van der Waals surface area contributed by atoms with Crippen molar-refractivity contribution in [1.82, 2.24) is 20.2 Å². The number of rotatable bonds is 11. The van der Waals surface area contributed by atoms with Crippen LogP contribution in [-0.2, 0) is 16.6 Å². The molecule has 0 saturated heterocycles. The minimum atomic E-state index is -0.959. The first-order valence-corrected chi connectivity index (χ1v) is 14.2. The second-order valence-corrected chi connectivity index (χ2v) is 10.9. The molecule has 0 radical (unpaired) electrons. The standard InChI is InChI=1S/C34H36N4O5/c1-7-22-20-24-28(30-29(22)36-31(37-30)23-11-8-9-12-25(23)41-4)32(39)38(33(40)34(24,2)3)18-10-16-35-17-15-21-13-14-26(42-5)27(19-21)43-6/h1,8-9,11-14,19-20,35H,10,15-18H2,2-6H3,(H,36,37). The van der Waals surface area contributed by atoms with Crippen molar-refractivity contribution in [2.45, 2.75) is 32.1 Å². The van der Waals surface area contributed by atoms with Crippen molar-refractivity contribution in [2.24, 2.45) is 0 Å². The number of nitrogens with one attached hydrogen (secondary N) is 2. The fourth-order valence-corrected chi connectivity index (χ4v) is 5.60. The summed E-state index contributed by atoms with van der Waals surface area (Å²) in [6, 6.07) is 15.1. The summed E-state index contributed by atoms with van der Waals surface area (Å²) in [6.45, 7) is 5.33. The lowest BCUT2D eigenvalue weighted by Crippen LogP contribution is -2.52. The van der Waals surface area contributed by atoms with Crippen molar-refractivity contribution >= 4 is 22.8 Å². The van der Waals surface area contributed by atoms with E-state index in [1.165, 1.54) is 4.90 Å². The van der Waals surface area contributed by atoms with E-state index in [0.29, 0.717) is 63.8 Å². The predicted molar refractivity (Wildman–Crippen MR) is 166 cm³/mol. The second kappa shape index (κ2) is 12.2. The first kappa shape index (κ1) is 29.7. The maximum Gasteiger partial charge on any atom is 0.262 e. The maximum atomic E-state index is 14.0. The van der Waals surface area contributed by atoms with E-state index in [9.17, 15) is 9.59 Å². The van der Waals surface area contributed by atoms with Crippen LogP contribution in [-0.4, -0.2) is 67.6 Å². The molecule has 0 atom stereocenters. The van der Waals surface area contributed by atoms with Crippen molar-refractivity contribution in [3.05, 3.63) is 70.8 Å². The Morgan fingerprint density at radius 3 is 2.44 bits per heavy atom. The summed E-state index contributed by atoms with van der Waals surface area (Å²) in [5.41, 5.74) is 3.48. The SMILES string of the molecule is C#Cc1cc2c(c3[nH]c(-c4ccccc4OC)nc13)C(=O)N(CCCNCCc1ccc(OC)c(OC)c1)C(=O)C2(C)C. The van der Waals surface area contributed by atoms with Crippen molar-refractivity contribution in [3.63, 3.8) is 0 Å². The Labute approximate surface area is 251 Å². The Balaban J connectivity index is 1.35. The van der Waals surface area contributed by atoms with Gasteiger partial charge in [0.15, 0.2) is 11.5 Å². The average molecular weight is 581 g/mol. The Morgan fingerprint density at radius 2 is 1.72 bits per heavy atom. The van der Waals surface area contributed by atoms with Gasteiger partial charge in [0, 0.05) is 6.54 Å². The Kier molecular flexibility index (Phi) is 8.42. The van der Waals surface area contributed by atoms with E-state index in [1.54, 1.807) is 27.4 Å². The monoisotopic (exact) mass is 580 g/mol. The molecule has 0 saturated carbocycles. The summed E-state index contributed by atoms with van der Waals surface area (Å²) >= 11 is 0. The smallest absolute Gasteiger partial charge is 0.262 e. The van der Waals surface area contributed by atoms with Gasteiger partial charge >= 0.3 is 0 Å². The molecule has 0 spiro atoms. The van der Waals surface area contributed by atoms with Gasteiger partial charge in [-0.3, -0.25) is 14.5 Å². The fraction of sp³-hybridized carbons (Fsp3) is 0.324. The van der Waals surface area contributed by atoms with Crippen LogP contribution in [0, 0.1) is 12.3 Å². The number of amides is 2. The molecule has 1 aliphatic heterocycles. The molecule has 9 nitrogen and oxygen atoms in total. The molecule has 4 aromatic rings. The lowest BCUT2D eigenvalue weighted by molar-refractivity contribution is -0.134. The number of nitrogens with zero attached hydrogens (tertiary/aromatic N) is 2. The van der Waals surface area contributed by atoms with Crippen LogP contribution in [0.2, 0.25) is 0 Å². The molecule has 1 aromatic heterocycles. The minimum Gasteiger partial charge on any atom is -0.496 e. The van der Waals surface area contributed by atoms with Crippen molar-refractivity contribution in [1.29, 1.82) is 0 Å². The highest BCUT2D eigenvalue weighted by Gasteiger charge is 2.46. The number of imide groups is 1. The summed E-state index contributed by atoms with van der Waals surface area (Å²) in [4.78, 5) is 37.1. The molecule has 2 N–H and O–H groups in total. The third-order valence-electron chi connectivity index (χ3n) is 7.97. The highest BCUT2D eigenvalue weighted by molar-refractivity contribution is 6.18. The van der Waals surface area contributed by atoms with E-state index in [2.05, 4.69) is 16.2 Å². The first-order valence-electron chi connectivity index (χ1n) is 14.2. The van der Waals surface area contributed by atoms with Gasteiger partial charge in [-0.15, -0.1) is 6.42 Å². The summed E-state index contributed by atoms with van der Waals surface area (Å²) < 4.78 is 16.2. The van der Waals surface area contributed by atoms with E-state index >= 15 is 0 Å². The summed E-state index contributed by atoms with van der Waals surface area (Å²) in [5, 5.41) is 3.41. The quantitative estimate of drug-likeness (QED) is 0.150. The lowest BCUT2D eigenvalue weighted by Gasteiger charge is -2.37. The van der Waals surface area contributed by atoms with E-state index in [-0.39, 0.29) is 18.4 Å². The summed E-state index contributed by atoms with van der Waals surface area (Å²) in [6.07, 6.45) is 7.29. The molecule has 0 aliphatic carbocycles. The van der Waals surface area contributed by atoms with Gasteiger partial charge < -0.3 is 24.5 Å². The van der Waals surface area contributed by atoms with E-state index in [1.807, 2.05) is 56.3 Å². The highest BCUT2D eigenvalue weighted by atomic mass is 16.5. The summed E-state index contributed by atoms with van der Waals surface area (Å²) in [7, 11) is 4.83. The lowest BCUT2D eigenvalue weighted by atomic mass is 9.76. The molecule has 2 heterocycles. The molecule has 3 aromatic carbocycles. The predicted octanol–water partition coefficient (Wildman–Crippen LogP) is 4.72. The van der Waals surface area contributed by atoms with Crippen LogP contribution in [0.5, 0.6) is 17.2 Å². The molecule has 0 unspecified atom stereocenters. The van der Waals surface area contributed by atoms with E-state index < -0.39 is 5.41 Å². The molecule has 1 aliphatic rings. The van der Waals surface area contributed by atoms with Gasteiger partial charge in [-0.1, -0.05) is 24.1 Å². The van der Waals surface area contributed by atoms with Gasteiger partial charge in [-0.2, -0.15) is 0 Å². The molecule has 43 heavy (non-hydrogen) atoms. The summed E-state index contributed by atoms with van der Waals surface area (Å²) in [5.74, 6) is 4.66. The Hall–Kier alpha value is -4.81. The van der Waals surface area contributed by atoms with Crippen LogP contribution in [0.3, 0.4) is 0 Å². The largest absolute Gasteiger partial charge is 0.496 e. The van der Waals surface area contributed by atoms with Crippen molar-refractivity contribution < 1.29 is 23.8 Å². The maximum absolute atomic E-state index is 14.0. The molecule has 2 amide bonds. The van der Waals surface area contributed by atoms with Gasteiger partial charge in [-0.25, -0.2) is 4.98 Å². The number of benzene rings is 3. The topological polar surface area (TPSA) is 106 Å². The van der Waals surface area contributed by atoms with Crippen molar-refractivity contribution in [3.8, 4) is 41.0 Å². The van der Waals surface area contributed by atoms with Crippen LogP contribution in [0.15, 0.2) is 48.5 Å². The van der Waals surface area contributed by atoms with Gasteiger partial charge in [0.2, 0.25) is 5.91 Å². The number of terminal acetylenes is 1. The van der Waals surface area contributed by atoms with Crippen LogP contribution in [0.4, 0.5) is 0 Å². The van der Waals surface area contributed by atoms with E-state index in [4.69, 9.17) is 25.6 Å². The number of H-pyrrole nitrogens is 1. The molecule has 222 valence electrons. The number of para-hydroxylation sites is 1. The number of carbonyl (C=O) groups excluding carboxylic acids is 2. The van der Waals surface area contributed by atoms with Crippen LogP contribution in [0.25, 0.3) is 22.4 Å². The van der Waals surface area contributed by atoms with Gasteiger partial charge in [0.25, 0.3) is 5.91 Å². The Morgan fingerprint density at radius 1 is 0.977 bits per heavy atom. The molecule has 9 heteroatoms. The number of fused-ring (bicyclic) bond motifs is 3. The average Bonchev–Trinajstić information content (AvgIpc) is 3.47. The number of imidazole rings is 1. The third kappa shape index (κ3) is 5.42. The van der Waals surface area contributed by atoms with Crippen LogP contribution < -0.4 is 19.5 Å². The van der Waals surface area contributed by atoms with Gasteiger partial charge in [0.1, 0.15) is 17.1 Å². The van der Waals surface area contributed by atoms with Gasteiger partial charge in [-0.05, 0) is 81.2 Å². The second-order valence-electron chi connectivity index (χ2n) is 10.9. The first-order chi connectivity index (χ1) is 20.7. The fourth-order valence-electron chi connectivity index (χ4n) is 5.60. The number of hydrogen-bond acceptors (Lipinski definition) is 7. The minimum absolute atomic E-state index is 0.248. The van der Waals surface area contributed by atoms with E-state index in [0.717, 1.165) is 24.1 Å². The van der Waals surface area contributed by atoms with Gasteiger partial charge in [0.05, 0.1) is 49.0 Å². The molecular weight excluding hydrogens is 544 g/mol. The number of ether oxygens (including phenoxy) is 3. The molecule has 5 rings (SSSR count). The third-order valence-corrected chi connectivity index (χ3v) is 7.97. The number of aromatic nitrogens is 2. The molecule has 0 fully saturated rings. The Bertz CT molecular complexity index is 1730. The highest BCUT2D eigenvalue weighted by Crippen LogP contribution is 2.40. The van der Waals surface area contributed by atoms with Crippen molar-refractivity contribution in [2.75, 3.05) is 41.0 Å². The molecule has 0 bridgehead atoms. The zero-order valence-corrected chi connectivity index (χ0v) is 25.2. The number of hydrogen-bond donors (Lipinski definition) is 2. The number of carbonyl (C=O) groups is 2. The molecular formula is C34H36N4O5. The zero-order chi connectivity index (χ0) is 30.7.